The van der Waals surface area contributed by atoms with Crippen molar-refractivity contribution in [2.45, 2.75) is 25.4 Å². The molecular formula is C21H28N4O5S. The van der Waals surface area contributed by atoms with Crippen LogP contribution < -0.4 is 0 Å². The quantitative estimate of drug-likeness (QED) is 0.674. The highest BCUT2D eigenvalue weighted by molar-refractivity contribution is 7.89. The average molecular weight is 449 g/mol. The number of carbonyl (C=O) groups excluding carboxylic acids is 2. The predicted molar refractivity (Wildman–Crippen MR) is 116 cm³/mol. The van der Waals surface area contributed by atoms with Crippen LogP contribution in [-0.2, 0) is 30.9 Å². The highest BCUT2D eigenvalue weighted by atomic mass is 32.2. The van der Waals surface area contributed by atoms with Gasteiger partial charge in [0.25, 0.3) is 0 Å². The van der Waals surface area contributed by atoms with Crippen molar-refractivity contribution in [2.75, 3.05) is 45.6 Å². The number of H-pyrrole nitrogens is 1. The Morgan fingerprint density at radius 2 is 1.94 bits per heavy atom. The Bertz CT molecular complexity index is 1060. The SMILES string of the molecule is COCCS(=O)(=O)N1CCN(C(=O)C2CCC(=O)N2Cc2c[nH]c3ccccc23)CC1. The first-order chi connectivity index (χ1) is 14.9. The van der Waals surface area contributed by atoms with Crippen molar-refractivity contribution in [3.05, 3.63) is 36.0 Å². The van der Waals surface area contributed by atoms with E-state index in [0.29, 0.717) is 32.5 Å². The Balaban J connectivity index is 1.41. The Morgan fingerprint density at radius 3 is 2.68 bits per heavy atom. The van der Waals surface area contributed by atoms with Crippen LogP contribution in [0.1, 0.15) is 18.4 Å². The number of ether oxygens (including phenoxy) is 1. The van der Waals surface area contributed by atoms with Crippen LogP contribution in [0, 0.1) is 0 Å². The van der Waals surface area contributed by atoms with Gasteiger partial charge in [-0.2, -0.15) is 4.31 Å². The van der Waals surface area contributed by atoms with Gasteiger partial charge in [0.05, 0.1) is 12.4 Å². The summed E-state index contributed by atoms with van der Waals surface area (Å²) in [6.45, 7) is 1.72. The van der Waals surface area contributed by atoms with Gasteiger partial charge in [-0.05, 0) is 18.1 Å². The smallest absolute Gasteiger partial charge is 0.245 e. The maximum Gasteiger partial charge on any atom is 0.245 e. The summed E-state index contributed by atoms with van der Waals surface area (Å²) in [4.78, 5) is 32.3. The molecule has 4 rings (SSSR count). The number of rotatable bonds is 7. The highest BCUT2D eigenvalue weighted by Gasteiger charge is 2.40. The normalized spacial score (nSPS) is 20.7. The molecule has 1 aromatic carbocycles. The van der Waals surface area contributed by atoms with E-state index in [1.807, 2.05) is 30.5 Å². The van der Waals surface area contributed by atoms with E-state index in [9.17, 15) is 18.0 Å². The van der Waals surface area contributed by atoms with Gasteiger partial charge < -0.3 is 19.5 Å². The summed E-state index contributed by atoms with van der Waals surface area (Å²) >= 11 is 0. The lowest BCUT2D eigenvalue weighted by molar-refractivity contribution is -0.142. The molecule has 2 fully saturated rings. The van der Waals surface area contributed by atoms with Gasteiger partial charge in [-0.1, -0.05) is 18.2 Å². The van der Waals surface area contributed by atoms with Crippen LogP contribution in [0.3, 0.4) is 0 Å². The summed E-state index contributed by atoms with van der Waals surface area (Å²) in [6.07, 6.45) is 2.73. The first kappa shape index (κ1) is 21.8. The van der Waals surface area contributed by atoms with Crippen molar-refractivity contribution in [1.82, 2.24) is 19.1 Å². The Morgan fingerprint density at radius 1 is 1.19 bits per heavy atom. The molecule has 2 amide bonds. The third kappa shape index (κ3) is 4.46. The van der Waals surface area contributed by atoms with Crippen LogP contribution >= 0.6 is 0 Å². The van der Waals surface area contributed by atoms with Gasteiger partial charge in [-0.25, -0.2) is 8.42 Å². The average Bonchev–Trinajstić information content (AvgIpc) is 3.36. The molecule has 10 heteroatoms. The number of hydrogen-bond donors (Lipinski definition) is 1. The van der Waals surface area contributed by atoms with Crippen molar-refractivity contribution in [3.63, 3.8) is 0 Å². The van der Waals surface area contributed by atoms with Crippen molar-refractivity contribution >= 4 is 32.7 Å². The summed E-state index contributed by atoms with van der Waals surface area (Å²) < 4.78 is 31.0. The van der Waals surface area contributed by atoms with Crippen LogP contribution in [0.5, 0.6) is 0 Å². The molecule has 168 valence electrons. The minimum Gasteiger partial charge on any atom is -0.384 e. The lowest BCUT2D eigenvalue weighted by Crippen LogP contribution is -2.55. The molecular weight excluding hydrogens is 420 g/mol. The van der Waals surface area contributed by atoms with Crippen molar-refractivity contribution < 1.29 is 22.7 Å². The summed E-state index contributed by atoms with van der Waals surface area (Å²) in [5, 5.41) is 1.04. The lowest BCUT2D eigenvalue weighted by atomic mass is 10.1. The zero-order valence-corrected chi connectivity index (χ0v) is 18.4. The van der Waals surface area contributed by atoms with Crippen LogP contribution in [0.25, 0.3) is 10.9 Å². The van der Waals surface area contributed by atoms with E-state index in [2.05, 4.69) is 4.98 Å². The number of fused-ring (bicyclic) bond motifs is 1. The number of nitrogens with zero attached hydrogens (tertiary/aromatic N) is 3. The van der Waals surface area contributed by atoms with E-state index in [1.54, 1.807) is 9.80 Å². The molecule has 2 aromatic rings. The summed E-state index contributed by atoms with van der Waals surface area (Å²) in [7, 11) is -1.92. The molecule has 1 atom stereocenters. The predicted octanol–water partition coefficient (Wildman–Crippen LogP) is 0.779. The number of aromatic nitrogens is 1. The maximum atomic E-state index is 13.2. The number of piperazine rings is 1. The van der Waals surface area contributed by atoms with Crippen LogP contribution in [0.15, 0.2) is 30.5 Å². The molecule has 2 aliphatic heterocycles. The molecule has 0 saturated carbocycles. The van der Waals surface area contributed by atoms with Gasteiger partial charge in [0, 0.05) is 63.4 Å². The number of hydrogen-bond acceptors (Lipinski definition) is 5. The number of aromatic amines is 1. The number of nitrogens with one attached hydrogen (secondary N) is 1. The zero-order valence-electron chi connectivity index (χ0n) is 17.6. The topological polar surface area (TPSA) is 103 Å². The second-order valence-electron chi connectivity index (χ2n) is 7.97. The number of methoxy groups -OCH3 is 1. The van der Waals surface area contributed by atoms with Crippen molar-refractivity contribution in [2.24, 2.45) is 0 Å². The lowest BCUT2D eigenvalue weighted by Gasteiger charge is -2.36. The van der Waals surface area contributed by atoms with Gasteiger partial charge in [-0.15, -0.1) is 0 Å². The second-order valence-corrected chi connectivity index (χ2v) is 10.1. The van der Waals surface area contributed by atoms with Gasteiger partial charge in [0.1, 0.15) is 6.04 Å². The maximum absolute atomic E-state index is 13.2. The first-order valence-corrected chi connectivity index (χ1v) is 12.1. The Kier molecular flexibility index (Phi) is 6.31. The summed E-state index contributed by atoms with van der Waals surface area (Å²) in [6, 6.07) is 7.38. The number of para-hydroxylation sites is 1. The molecule has 0 spiro atoms. The molecule has 9 nitrogen and oxygen atoms in total. The molecule has 2 aliphatic rings. The number of amides is 2. The molecule has 1 N–H and O–H groups in total. The molecule has 31 heavy (non-hydrogen) atoms. The molecule has 2 saturated heterocycles. The molecule has 3 heterocycles. The number of sulfonamides is 1. The van der Waals surface area contributed by atoms with Crippen molar-refractivity contribution in [1.29, 1.82) is 0 Å². The molecule has 0 radical (unpaired) electrons. The van der Waals surface area contributed by atoms with Gasteiger partial charge in [0.15, 0.2) is 0 Å². The molecule has 1 aromatic heterocycles. The third-order valence-corrected chi connectivity index (χ3v) is 7.95. The Hall–Kier alpha value is -2.43. The minimum absolute atomic E-state index is 0.0237. The highest BCUT2D eigenvalue weighted by Crippen LogP contribution is 2.27. The van der Waals surface area contributed by atoms with Gasteiger partial charge >= 0.3 is 0 Å². The summed E-state index contributed by atoms with van der Waals surface area (Å²) in [5.74, 6) is -0.184. The monoisotopic (exact) mass is 448 g/mol. The standard InChI is InChI=1S/C21H28N4O5S/c1-30-12-13-31(28,29)24-10-8-23(9-11-24)21(27)19-6-7-20(26)25(19)15-16-14-22-18-5-3-2-4-17(16)18/h2-5,14,19,22H,6-13,15H2,1H3. The van der Waals surface area contributed by atoms with E-state index in [-0.39, 0.29) is 37.3 Å². The van der Waals surface area contributed by atoms with E-state index < -0.39 is 16.1 Å². The fourth-order valence-corrected chi connectivity index (χ4v) is 5.70. The minimum atomic E-state index is -3.39. The number of benzene rings is 1. The van der Waals surface area contributed by atoms with Gasteiger partial charge in [0.2, 0.25) is 21.8 Å². The first-order valence-electron chi connectivity index (χ1n) is 10.5. The fraction of sp³-hybridized carbons (Fsp3) is 0.524. The van der Waals surface area contributed by atoms with Crippen LogP contribution in [-0.4, -0.2) is 91.0 Å². The fourth-order valence-electron chi connectivity index (χ4n) is 4.35. The second kappa shape index (κ2) is 8.97. The molecule has 0 aliphatic carbocycles. The largest absolute Gasteiger partial charge is 0.384 e. The number of likely N-dealkylation sites (tertiary alicyclic amines) is 1. The van der Waals surface area contributed by atoms with Crippen LogP contribution in [0.4, 0.5) is 0 Å². The van der Waals surface area contributed by atoms with E-state index >= 15 is 0 Å². The van der Waals surface area contributed by atoms with Gasteiger partial charge in [-0.3, -0.25) is 9.59 Å². The summed E-state index contributed by atoms with van der Waals surface area (Å²) in [5.41, 5.74) is 1.98. The molecule has 1 unspecified atom stereocenters. The van der Waals surface area contributed by atoms with E-state index in [0.717, 1.165) is 16.5 Å². The van der Waals surface area contributed by atoms with Crippen LogP contribution in [0.2, 0.25) is 0 Å². The van der Waals surface area contributed by atoms with E-state index in [1.165, 1.54) is 11.4 Å². The molecule has 0 bridgehead atoms. The number of carbonyl (C=O) groups is 2. The van der Waals surface area contributed by atoms with E-state index in [4.69, 9.17) is 4.74 Å². The zero-order chi connectivity index (χ0) is 22.0. The van der Waals surface area contributed by atoms with Crippen molar-refractivity contribution in [3.8, 4) is 0 Å². The Labute approximate surface area is 182 Å². The third-order valence-electron chi connectivity index (χ3n) is 6.12.